The minimum absolute atomic E-state index is 0.000191. The Morgan fingerprint density at radius 2 is 2.50 bits per heavy atom. The monoisotopic (exact) mass is 191 g/mol. The van der Waals surface area contributed by atoms with Crippen LogP contribution in [0, 0.1) is 0 Å². The number of anilines is 1. The number of nitrogens with one attached hydrogen (secondary N) is 1. The van der Waals surface area contributed by atoms with Crippen LogP contribution in [0.1, 0.15) is 6.42 Å². The molecule has 1 N–H and O–H groups in total. The number of pyridine rings is 1. The van der Waals surface area contributed by atoms with Crippen LogP contribution in [0.25, 0.3) is 0 Å². The van der Waals surface area contributed by atoms with Crippen LogP contribution in [0.2, 0.25) is 0 Å². The zero-order chi connectivity index (χ0) is 9.97. The first-order valence-corrected chi connectivity index (χ1v) is 4.70. The quantitative estimate of drug-likeness (QED) is 0.736. The Morgan fingerprint density at radius 1 is 1.71 bits per heavy atom. The second-order valence-corrected chi connectivity index (χ2v) is 3.40. The summed E-state index contributed by atoms with van der Waals surface area (Å²) in [5.74, 6) is 0.115. The maximum atomic E-state index is 11.8. The fraction of sp³-hybridized carbons (Fsp3) is 0.400. The molecular formula is C10H13N3O. The number of nitrogens with zero attached hydrogens (tertiary/aromatic N) is 2. The number of carbonyl (C=O) groups excluding carboxylic acids is 1. The summed E-state index contributed by atoms with van der Waals surface area (Å²) >= 11 is 0. The van der Waals surface area contributed by atoms with Gasteiger partial charge in [-0.3, -0.25) is 9.78 Å². The molecule has 0 spiro atoms. The Labute approximate surface area is 82.9 Å². The highest BCUT2D eigenvalue weighted by Gasteiger charge is 2.27. The first-order valence-electron chi connectivity index (χ1n) is 4.70. The predicted molar refractivity (Wildman–Crippen MR) is 54.1 cm³/mol. The van der Waals surface area contributed by atoms with Gasteiger partial charge in [0.05, 0.1) is 17.9 Å². The van der Waals surface area contributed by atoms with Gasteiger partial charge in [0, 0.05) is 13.2 Å². The van der Waals surface area contributed by atoms with Gasteiger partial charge in [0.25, 0.3) is 0 Å². The molecule has 0 aliphatic carbocycles. The summed E-state index contributed by atoms with van der Waals surface area (Å²) in [5, 5.41) is 3.08. The van der Waals surface area contributed by atoms with Crippen molar-refractivity contribution < 1.29 is 4.79 Å². The van der Waals surface area contributed by atoms with E-state index in [0.29, 0.717) is 0 Å². The topological polar surface area (TPSA) is 45.2 Å². The summed E-state index contributed by atoms with van der Waals surface area (Å²) in [5.41, 5.74) is 0.839. The third kappa shape index (κ3) is 1.61. The molecular weight excluding hydrogens is 178 g/mol. The third-order valence-electron chi connectivity index (χ3n) is 2.49. The van der Waals surface area contributed by atoms with E-state index >= 15 is 0 Å². The Balaban J connectivity index is 2.07. The first-order chi connectivity index (χ1) is 6.79. The van der Waals surface area contributed by atoms with E-state index in [0.717, 1.165) is 18.7 Å². The van der Waals surface area contributed by atoms with Gasteiger partial charge in [-0.25, -0.2) is 0 Å². The highest BCUT2D eigenvalue weighted by atomic mass is 16.2. The molecule has 0 unspecified atom stereocenters. The molecule has 2 heterocycles. The molecule has 4 heteroatoms. The van der Waals surface area contributed by atoms with Crippen LogP contribution in [0.5, 0.6) is 0 Å². The van der Waals surface area contributed by atoms with Gasteiger partial charge < -0.3 is 10.2 Å². The molecule has 2 rings (SSSR count). The van der Waals surface area contributed by atoms with Crippen molar-refractivity contribution in [3.8, 4) is 0 Å². The van der Waals surface area contributed by atoms with Crippen LogP contribution in [0.4, 0.5) is 5.69 Å². The summed E-state index contributed by atoms with van der Waals surface area (Å²) in [6.45, 7) is 0.942. The number of aromatic nitrogens is 1. The second-order valence-electron chi connectivity index (χ2n) is 3.40. The van der Waals surface area contributed by atoms with Crippen LogP contribution >= 0.6 is 0 Å². The zero-order valence-electron chi connectivity index (χ0n) is 8.10. The number of likely N-dealkylation sites (N-methyl/N-ethyl adjacent to an activating group) is 1. The lowest BCUT2D eigenvalue weighted by Gasteiger charge is -2.30. The Hall–Kier alpha value is -1.42. The van der Waals surface area contributed by atoms with Gasteiger partial charge in [-0.05, 0) is 25.1 Å². The standard InChI is InChI=1S/C10H13N3O/c1-13(8-3-2-5-11-7-8)10(14)9-4-6-12-9/h2-3,5,7,9,12H,4,6H2,1H3/t9-/m0/s1. The minimum Gasteiger partial charge on any atom is -0.313 e. The highest BCUT2D eigenvalue weighted by Crippen LogP contribution is 2.13. The normalized spacial score (nSPS) is 19.9. The summed E-state index contributed by atoms with van der Waals surface area (Å²) in [7, 11) is 1.78. The largest absolute Gasteiger partial charge is 0.313 e. The highest BCUT2D eigenvalue weighted by molar-refractivity contribution is 5.97. The molecule has 0 saturated carbocycles. The maximum absolute atomic E-state index is 11.8. The van der Waals surface area contributed by atoms with Crippen molar-refractivity contribution in [1.82, 2.24) is 10.3 Å². The van der Waals surface area contributed by atoms with E-state index in [4.69, 9.17) is 0 Å². The lowest BCUT2D eigenvalue weighted by molar-refractivity contribution is -0.121. The van der Waals surface area contributed by atoms with Crippen molar-refractivity contribution in [1.29, 1.82) is 0 Å². The summed E-state index contributed by atoms with van der Waals surface area (Å²) in [6, 6.07) is 3.71. The number of rotatable bonds is 2. The molecule has 1 atom stereocenters. The second kappa shape index (κ2) is 3.75. The van der Waals surface area contributed by atoms with Crippen LogP contribution < -0.4 is 10.2 Å². The maximum Gasteiger partial charge on any atom is 0.243 e. The molecule has 1 saturated heterocycles. The van der Waals surface area contributed by atoms with Gasteiger partial charge in [0.1, 0.15) is 0 Å². The summed E-state index contributed by atoms with van der Waals surface area (Å²) in [4.78, 5) is 17.4. The van der Waals surface area contributed by atoms with Gasteiger partial charge in [0.2, 0.25) is 5.91 Å². The van der Waals surface area contributed by atoms with Gasteiger partial charge in [-0.2, -0.15) is 0 Å². The number of hydrogen-bond acceptors (Lipinski definition) is 3. The summed E-state index contributed by atoms with van der Waals surface area (Å²) in [6.07, 6.45) is 4.32. The minimum atomic E-state index is 0.000191. The fourth-order valence-electron chi connectivity index (χ4n) is 1.41. The molecule has 1 aliphatic heterocycles. The van der Waals surface area contributed by atoms with Crippen LogP contribution in [0.15, 0.2) is 24.5 Å². The van der Waals surface area contributed by atoms with E-state index in [1.807, 2.05) is 12.1 Å². The lowest BCUT2D eigenvalue weighted by Crippen LogP contribution is -2.53. The molecule has 0 aromatic carbocycles. The van der Waals surface area contributed by atoms with Crippen LogP contribution in [-0.4, -0.2) is 30.5 Å². The van der Waals surface area contributed by atoms with Crippen molar-refractivity contribution in [3.05, 3.63) is 24.5 Å². The molecule has 1 aromatic rings. The molecule has 0 bridgehead atoms. The van der Waals surface area contributed by atoms with Gasteiger partial charge in [-0.15, -0.1) is 0 Å². The van der Waals surface area contributed by atoms with Crippen molar-refractivity contribution in [2.45, 2.75) is 12.5 Å². The zero-order valence-corrected chi connectivity index (χ0v) is 8.10. The molecule has 14 heavy (non-hydrogen) atoms. The lowest BCUT2D eigenvalue weighted by atomic mass is 10.1. The van der Waals surface area contributed by atoms with Crippen molar-refractivity contribution >= 4 is 11.6 Å². The van der Waals surface area contributed by atoms with E-state index in [-0.39, 0.29) is 11.9 Å². The SMILES string of the molecule is CN(C(=O)[C@@H]1CCN1)c1cccnc1. The molecule has 1 aliphatic rings. The first kappa shape index (κ1) is 9.15. The Kier molecular flexibility index (Phi) is 2.45. The Morgan fingerprint density at radius 3 is 3.00 bits per heavy atom. The van der Waals surface area contributed by atoms with E-state index in [9.17, 15) is 4.79 Å². The van der Waals surface area contributed by atoms with E-state index < -0.39 is 0 Å². The van der Waals surface area contributed by atoms with Crippen LogP contribution in [0.3, 0.4) is 0 Å². The smallest absolute Gasteiger partial charge is 0.243 e. The fourth-order valence-corrected chi connectivity index (χ4v) is 1.41. The van der Waals surface area contributed by atoms with Crippen molar-refractivity contribution in [2.24, 2.45) is 0 Å². The van der Waals surface area contributed by atoms with Gasteiger partial charge >= 0.3 is 0 Å². The van der Waals surface area contributed by atoms with Crippen molar-refractivity contribution in [3.63, 3.8) is 0 Å². The predicted octanol–water partition coefficient (Wildman–Crippen LogP) is 0.406. The average Bonchev–Trinajstić information content (AvgIpc) is 2.15. The number of carbonyl (C=O) groups is 1. The van der Waals surface area contributed by atoms with Gasteiger partial charge in [-0.1, -0.05) is 0 Å². The van der Waals surface area contributed by atoms with E-state index in [1.54, 1.807) is 24.3 Å². The molecule has 1 amide bonds. The van der Waals surface area contributed by atoms with E-state index in [1.165, 1.54) is 0 Å². The van der Waals surface area contributed by atoms with Crippen LogP contribution in [-0.2, 0) is 4.79 Å². The summed E-state index contributed by atoms with van der Waals surface area (Å²) < 4.78 is 0. The molecule has 4 nitrogen and oxygen atoms in total. The molecule has 1 fully saturated rings. The van der Waals surface area contributed by atoms with E-state index in [2.05, 4.69) is 10.3 Å². The average molecular weight is 191 g/mol. The molecule has 74 valence electrons. The number of hydrogen-bond donors (Lipinski definition) is 1. The number of amides is 1. The third-order valence-corrected chi connectivity index (χ3v) is 2.49. The Bertz CT molecular complexity index is 321. The van der Waals surface area contributed by atoms with Gasteiger partial charge in [0.15, 0.2) is 0 Å². The molecule has 0 radical (unpaired) electrons. The van der Waals surface area contributed by atoms with Crippen molar-refractivity contribution in [2.75, 3.05) is 18.5 Å². The molecule has 1 aromatic heterocycles.